The van der Waals surface area contributed by atoms with Crippen molar-refractivity contribution in [2.24, 2.45) is 0 Å². The molecule has 0 nitrogen and oxygen atoms in total. The first-order valence-electron chi connectivity index (χ1n) is 10.6. The molecule has 2 heteroatoms. The fourth-order valence-corrected chi connectivity index (χ4v) is 9.05. The molecular formula is C30H22P2. The van der Waals surface area contributed by atoms with Gasteiger partial charge < -0.3 is 0 Å². The normalized spacial score (nSPS) is 10.8. The zero-order chi connectivity index (χ0) is 21.6. The number of hydrogen-bond donors (Lipinski definition) is 0. The van der Waals surface area contributed by atoms with Crippen LogP contribution >= 0.6 is 15.8 Å². The molecule has 0 saturated heterocycles. The van der Waals surface area contributed by atoms with Gasteiger partial charge in [-0.15, -0.1) is 0 Å². The van der Waals surface area contributed by atoms with Crippen LogP contribution in [0.4, 0.5) is 0 Å². The van der Waals surface area contributed by atoms with Crippen molar-refractivity contribution in [3.63, 3.8) is 0 Å². The molecule has 0 aliphatic rings. The number of hydrogen-bond acceptors (Lipinski definition) is 0. The van der Waals surface area contributed by atoms with Gasteiger partial charge in [0.25, 0.3) is 0 Å². The number of benzene rings is 4. The summed E-state index contributed by atoms with van der Waals surface area (Å²) in [6.45, 7) is 0. The van der Waals surface area contributed by atoms with Gasteiger partial charge in [-0.1, -0.05) is 133 Å². The Bertz CT molecular complexity index is 1070. The highest BCUT2D eigenvalue weighted by atomic mass is 31.1. The molecule has 5 rings (SSSR count). The van der Waals surface area contributed by atoms with Crippen molar-refractivity contribution < 1.29 is 0 Å². The molecule has 0 atom stereocenters. The number of rotatable bonds is 6. The standard InChI is InChI=1S/C30H22P2/c1-5-15-25(16-6-1)31(26-17-7-2-8-18-26)29-23-13-14-24-30(29)32(27-19-9-3-10-20-27)28-21-11-4-12-22-28/h1-12,15-24H. The lowest BCUT2D eigenvalue weighted by molar-refractivity contribution is 1.74. The van der Waals surface area contributed by atoms with Crippen molar-refractivity contribution in [1.82, 2.24) is 0 Å². The molecule has 0 saturated carbocycles. The average molecular weight is 444 g/mol. The Labute approximate surface area is 193 Å². The molecule has 0 N–H and O–H groups in total. The van der Waals surface area contributed by atoms with Crippen LogP contribution in [0.25, 0.3) is 0 Å². The van der Waals surface area contributed by atoms with E-state index < -0.39 is 15.8 Å². The van der Waals surface area contributed by atoms with E-state index in [4.69, 9.17) is 0 Å². The lowest BCUT2D eigenvalue weighted by atomic mass is 10.4. The Morgan fingerprint density at radius 2 is 0.594 bits per heavy atom. The third-order valence-corrected chi connectivity index (χ3v) is 10.4. The molecule has 152 valence electrons. The van der Waals surface area contributed by atoms with Crippen LogP contribution in [0.3, 0.4) is 0 Å². The predicted octanol–water partition coefficient (Wildman–Crippen LogP) is 4.80. The Morgan fingerprint density at radius 1 is 0.344 bits per heavy atom. The monoisotopic (exact) mass is 444 g/mol. The van der Waals surface area contributed by atoms with Crippen molar-refractivity contribution in [2.75, 3.05) is 0 Å². The maximum Gasteiger partial charge on any atom is 0.00226 e. The Hall–Kier alpha value is -3.22. The summed E-state index contributed by atoms with van der Waals surface area (Å²) < 4.78 is 0. The Morgan fingerprint density at radius 3 is 0.844 bits per heavy atom. The second-order valence-electron chi connectivity index (χ2n) is 7.36. The van der Waals surface area contributed by atoms with Gasteiger partial charge in [0.05, 0.1) is 0 Å². The van der Waals surface area contributed by atoms with E-state index in [9.17, 15) is 0 Å². The van der Waals surface area contributed by atoms with Gasteiger partial charge >= 0.3 is 0 Å². The third kappa shape index (κ3) is 4.38. The molecule has 0 amide bonds. The molecule has 0 heterocycles. The first kappa shape index (κ1) is 20.7. The van der Waals surface area contributed by atoms with E-state index in [-0.39, 0.29) is 0 Å². The van der Waals surface area contributed by atoms with Crippen LogP contribution in [-0.2, 0) is 0 Å². The van der Waals surface area contributed by atoms with E-state index in [2.05, 4.69) is 146 Å². The molecule has 5 aromatic rings. The zero-order valence-electron chi connectivity index (χ0n) is 17.6. The topological polar surface area (TPSA) is 0 Å². The SMILES string of the molecule is c1cc(P(c2ccccc2)c2ccccc2)c(P(c2ccccc2)c2ccccc2)cc#1. The summed E-state index contributed by atoms with van der Waals surface area (Å²) in [6, 6.07) is 54.5. The maximum atomic E-state index is 3.28. The smallest absolute Gasteiger partial charge is 0.00226 e. The van der Waals surface area contributed by atoms with Crippen LogP contribution in [-0.4, -0.2) is 0 Å². The molecule has 5 aromatic carbocycles. The minimum atomic E-state index is -0.715. The molecule has 0 unspecified atom stereocenters. The highest BCUT2D eigenvalue weighted by Crippen LogP contribution is 2.38. The van der Waals surface area contributed by atoms with E-state index >= 15 is 0 Å². The highest BCUT2D eigenvalue weighted by Gasteiger charge is 2.25. The molecule has 0 bridgehead atoms. The quantitative estimate of drug-likeness (QED) is 0.330. The highest BCUT2D eigenvalue weighted by molar-refractivity contribution is 7.85. The second kappa shape index (κ2) is 9.94. The second-order valence-corrected chi connectivity index (χ2v) is 11.7. The molecule has 0 aromatic heterocycles. The summed E-state index contributed by atoms with van der Waals surface area (Å²) in [6.07, 6.45) is 0. The first-order valence-corrected chi connectivity index (χ1v) is 13.3. The zero-order valence-corrected chi connectivity index (χ0v) is 19.4. The van der Waals surface area contributed by atoms with E-state index in [0.29, 0.717) is 0 Å². The average Bonchev–Trinajstić information content (AvgIpc) is 2.88. The Balaban J connectivity index is 1.74. The van der Waals surface area contributed by atoms with Crippen LogP contribution in [0.2, 0.25) is 0 Å². The predicted molar refractivity (Wildman–Crippen MR) is 142 cm³/mol. The summed E-state index contributed by atoms with van der Waals surface area (Å²) in [5, 5.41) is 8.12. The van der Waals surface area contributed by atoms with E-state index in [1.165, 1.54) is 31.8 Å². The molecule has 32 heavy (non-hydrogen) atoms. The Kier molecular flexibility index (Phi) is 6.42. The van der Waals surface area contributed by atoms with Gasteiger partial charge in [-0.05, 0) is 49.2 Å². The lowest BCUT2D eigenvalue weighted by Gasteiger charge is -2.26. The van der Waals surface area contributed by atoms with Gasteiger partial charge in [0, 0.05) is 10.6 Å². The molecule has 0 fully saturated rings. The molecule has 0 aliphatic heterocycles. The van der Waals surface area contributed by atoms with Crippen LogP contribution < -0.4 is 31.8 Å². The van der Waals surface area contributed by atoms with Gasteiger partial charge in [0.15, 0.2) is 0 Å². The summed E-state index contributed by atoms with van der Waals surface area (Å²) in [4.78, 5) is 0. The van der Waals surface area contributed by atoms with Crippen LogP contribution in [0.1, 0.15) is 0 Å². The minimum absolute atomic E-state index is 0.715. The van der Waals surface area contributed by atoms with Crippen molar-refractivity contribution in [3.05, 3.63) is 146 Å². The van der Waals surface area contributed by atoms with Gasteiger partial charge in [0.1, 0.15) is 0 Å². The van der Waals surface area contributed by atoms with E-state index in [1.807, 2.05) is 0 Å². The van der Waals surface area contributed by atoms with Gasteiger partial charge in [-0.3, -0.25) is 0 Å². The van der Waals surface area contributed by atoms with Crippen molar-refractivity contribution in [1.29, 1.82) is 0 Å². The fraction of sp³-hybridized carbons (Fsp3) is 0. The van der Waals surface area contributed by atoms with Gasteiger partial charge in [-0.2, -0.15) is 0 Å². The van der Waals surface area contributed by atoms with Crippen molar-refractivity contribution >= 4 is 47.7 Å². The molecule has 0 spiro atoms. The van der Waals surface area contributed by atoms with E-state index in [1.54, 1.807) is 0 Å². The molecule has 0 radical (unpaired) electrons. The molecular weight excluding hydrogens is 422 g/mol. The minimum Gasteiger partial charge on any atom is -0.0695 e. The lowest BCUT2D eigenvalue weighted by Crippen LogP contribution is -2.34. The maximum absolute atomic E-state index is 3.28. The summed E-state index contributed by atoms with van der Waals surface area (Å²) in [5.74, 6) is 0. The van der Waals surface area contributed by atoms with Gasteiger partial charge in [-0.25, -0.2) is 0 Å². The summed E-state index contributed by atoms with van der Waals surface area (Å²) >= 11 is 0. The van der Waals surface area contributed by atoms with Gasteiger partial charge in [0.2, 0.25) is 0 Å². The largest absolute Gasteiger partial charge is 0.0695 e. The van der Waals surface area contributed by atoms with Crippen LogP contribution in [0.15, 0.2) is 133 Å². The fourth-order valence-electron chi connectivity index (χ4n) is 3.89. The molecule has 0 aliphatic carbocycles. The summed E-state index contributed by atoms with van der Waals surface area (Å²) in [5.41, 5.74) is 0. The third-order valence-electron chi connectivity index (χ3n) is 5.30. The summed E-state index contributed by atoms with van der Waals surface area (Å²) in [7, 11) is -1.43. The van der Waals surface area contributed by atoms with Crippen molar-refractivity contribution in [3.8, 4) is 0 Å². The van der Waals surface area contributed by atoms with E-state index in [0.717, 1.165) is 0 Å². The first-order chi connectivity index (χ1) is 15.9. The van der Waals surface area contributed by atoms with Crippen molar-refractivity contribution in [2.45, 2.75) is 0 Å². The van der Waals surface area contributed by atoms with Crippen LogP contribution in [0, 0.1) is 12.1 Å². The van der Waals surface area contributed by atoms with Crippen LogP contribution in [0.5, 0.6) is 0 Å².